The summed E-state index contributed by atoms with van der Waals surface area (Å²) in [5.41, 5.74) is 2.05. The molecule has 1 N–H and O–H groups in total. The molecule has 2 rings (SSSR count). The fourth-order valence-corrected chi connectivity index (χ4v) is 3.67. The molecule has 1 aromatic rings. The minimum absolute atomic E-state index is 0.0846. The van der Waals surface area contributed by atoms with E-state index in [-0.39, 0.29) is 20.6 Å². The maximum Gasteiger partial charge on any atom is 0.228 e. The first-order valence-electron chi connectivity index (χ1n) is 6.55. The van der Waals surface area contributed by atoms with Gasteiger partial charge in [0.05, 0.1) is 14.7 Å². The molecule has 1 saturated carbocycles. The number of rotatable bonds is 4. The summed E-state index contributed by atoms with van der Waals surface area (Å²) in [6.45, 7) is 6.14. The van der Waals surface area contributed by atoms with E-state index in [0.29, 0.717) is 0 Å². The summed E-state index contributed by atoms with van der Waals surface area (Å²) in [6.07, 6.45) is 1.71. The number of halogens is 2. The Balaban J connectivity index is 2.08. The summed E-state index contributed by atoms with van der Waals surface area (Å²) in [4.78, 5) is 12.4. The molecule has 0 heterocycles. The molecule has 0 aromatic heterocycles. The van der Waals surface area contributed by atoms with Gasteiger partial charge >= 0.3 is 0 Å². The second-order valence-electron chi connectivity index (χ2n) is 5.56. The first-order chi connectivity index (χ1) is 8.80. The zero-order valence-electron chi connectivity index (χ0n) is 11.5. The minimum Gasteiger partial charge on any atom is -0.349 e. The first kappa shape index (κ1) is 15.0. The smallest absolute Gasteiger partial charge is 0.228 e. The van der Waals surface area contributed by atoms with E-state index in [0.717, 1.165) is 12.8 Å². The number of hydrogen-bond donors (Lipinski definition) is 1. The Morgan fingerprint density at radius 3 is 2.32 bits per heavy atom. The van der Waals surface area contributed by atoms with Gasteiger partial charge < -0.3 is 5.32 Å². The van der Waals surface area contributed by atoms with E-state index in [1.165, 1.54) is 11.1 Å². The molecule has 19 heavy (non-hydrogen) atoms. The maximum atomic E-state index is 12.4. The zero-order valence-corrected chi connectivity index (χ0v) is 14.6. The normalized spacial score (nSPS) is 25.7. The number of hydrogen-bond acceptors (Lipinski definition) is 1. The van der Waals surface area contributed by atoms with E-state index < -0.39 is 0 Å². The van der Waals surface area contributed by atoms with E-state index in [4.69, 9.17) is 0 Å². The predicted molar refractivity (Wildman–Crippen MR) is 85.7 cm³/mol. The van der Waals surface area contributed by atoms with Crippen molar-refractivity contribution in [3.05, 3.63) is 35.4 Å². The van der Waals surface area contributed by atoms with Gasteiger partial charge in [0.25, 0.3) is 0 Å². The second-order valence-corrected chi connectivity index (χ2v) is 9.33. The molecular weight excluding hydrogens is 370 g/mol. The molecule has 0 saturated heterocycles. The molecule has 1 aliphatic rings. The Bertz CT molecular complexity index is 483. The lowest BCUT2D eigenvalue weighted by Gasteiger charge is -2.21. The summed E-state index contributed by atoms with van der Waals surface area (Å²) in [7, 11) is 0. The Labute approximate surface area is 131 Å². The van der Waals surface area contributed by atoms with Crippen LogP contribution >= 0.6 is 31.9 Å². The van der Waals surface area contributed by atoms with Gasteiger partial charge in [-0.3, -0.25) is 4.79 Å². The molecule has 0 unspecified atom stereocenters. The molecule has 2 atom stereocenters. The lowest BCUT2D eigenvalue weighted by Crippen LogP contribution is -2.35. The van der Waals surface area contributed by atoms with Crippen molar-refractivity contribution in [1.82, 2.24) is 5.32 Å². The van der Waals surface area contributed by atoms with Crippen LogP contribution in [0.4, 0.5) is 0 Å². The molecular formula is C15H19Br2NO. The number of nitrogens with one attached hydrogen (secondary N) is 1. The number of amides is 1. The number of carbonyl (C=O) groups excluding carboxylic acids is 1. The quantitative estimate of drug-likeness (QED) is 0.758. The van der Waals surface area contributed by atoms with Crippen LogP contribution in [0.25, 0.3) is 0 Å². The molecule has 4 heteroatoms. The highest BCUT2D eigenvalue weighted by Gasteiger charge is 2.66. The Kier molecular flexibility index (Phi) is 4.12. The van der Waals surface area contributed by atoms with Gasteiger partial charge in [0, 0.05) is 0 Å². The molecule has 1 fully saturated rings. The third-order valence-electron chi connectivity index (χ3n) is 3.95. The van der Waals surface area contributed by atoms with Gasteiger partial charge in [-0.1, -0.05) is 68.6 Å². The van der Waals surface area contributed by atoms with Crippen molar-refractivity contribution in [2.75, 3.05) is 0 Å². The van der Waals surface area contributed by atoms with E-state index in [2.05, 4.69) is 75.3 Å². The Morgan fingerprint density at radius 1 is 1.37 bits per heavy atom. The van der Waals surface area contributed by atoms with E-state index >= 15 is 0 Å². The average molecular weight is 389 g/mol. The highest BCUT2D eigenvalue weighted by Crippen LogP contribution is 2.66. The lowest BCUT2D eigenvalue weighted by atomic mass is 10.0. The van der Waals surface area contributed by atoms with Crippen LogP contribution in [0, 0.1) is 12.3 Å². The third kappa shape index (κ3) is 2.89. The van der Waals surface area contributed by atoms with E-state index in [9.17, 15) is 4.79 Å². The monoisotopic (exact) mass is 387 g/mol. The van der Waals surface area contributed by atoms with Crippen molar-refractivity contribution in [2.45, 2.75) is 42.9 Å². The number of alkyl halides is 2. The number of benzene rings is 1. The standard InChI is InChI=1S/C15H19Br2NO/c1-4-12(11-7-5-10(2)6-8-11)18-13(19)14(3)9-15(14,16)17/h5-8,12H,4,9H2,1-3H3,(H,18,19)/t12-,14+/m0/s1. The van der Waals surface area contributed by atoms with Gasteiger partial charge in [0.15, 0.2) is 0 Å². The summed E-state index contributed by atoms with van der Waals surface area (Å²) in [5, 5.41) is 3.16. The van der Waals surface area contributed by atoms with Crippen molar-refractivity contribution in [1.29, 1.82) is 0 Å². The van der Waals surface area contributed by atoms with Crippen LogP contribution in [0.2, 0.25) is 0 Å². The molecule has 104 valence electrons. The van der Waals surface area contributed by atoms with Gasteiger partial charge in [-0.15, -0.1) is 0 Å². The number of aryl methyl sites for hydroxylation is 1. The third-order valence-corrected chi connectivity index (χ3v) is 6.26. The highest BCUT2D eigenvalue weighted by molar-refractivity contribution is 9.25. The summed E-state index contributed by atoms with van der Waals surface area (Å²) < 4.78 is -0.233. The molecule has 0 aliphatic heterocycles. The molecule has 0 spiro atoms. The molecule has 2 nitrogen and oxygen atoms in total. The molecule has 1 amide bonds. The van der Waals surface area contributed by atoms with Gasteiger partial charge in [0.2, 0.25) is 5.91 Å². The van der Waals surface area contributed by atoms with Crippen LogP contribution in [0.15, 0.2) is 24.3 Å². The fraction of sp³-hybridized carbons (Fsp3) is 0.533. The van der Waals surface area contributed by atoms with Crippen LogP contribution in [-0.2, 0) is 4.79 Å². The molecule has 0 radical (unpaired) electrons. The molecule has 1 aliphatic carbocycles. The maximum absolute atomic E-state index is 12.4. The van der Waals surface area contributed by atoms with Crippen molar-refractivity contribution in [2.24, 2.45) is 5.41 Å². The zero-order chi connectivity index (χ0) is 14.3. The largest absolute Gasteiger partial charge is 0.349 e. The van der Waals surface area contributed by atoms with E-state index in [1.54, 1.807) is 0 Å². The van der Waals surface area contributed by atoms with E-state index in [1.807, 2.05) is 6.92 Å². The minimum atomic E-state index is -0.356. The predicted octanol–water partition coefficient (Wildman–Crippen LogP) is 4.46. The highest BCUT2D eigenvalue weighted by atomic mass is 79.9. The number of carbonyl (C=O) groups is 1. The van der Waals surface area contributed by atoms with Crippen molar-refractivity contribution < 1.29 is 4.79 Å². The van der Waals surface area contributed by atoms with Crippen LogP contribution < -0.4 is 5.32 Å². The van der Waals surface area contributed by atoms with Crippen LogP contribution in [0.1, 0.15) is 43.9 Å². The second kappa shape index (κ2) is 5.21. The van der Waals surface area contributed by atoms with Crippen LogP contribution in [0.5, 0.6) is 0 Å². The van der Waals surface area contributed by atoms with Crippen molar-refractivity contribution in [3.63, 3.8) is 0 Å². The summed E-state index contributed by atoms with van der Waals surface area (Å²) >= 11 is 7.09. The molecule has 0 bridgehead atoms. The van der Waals surface area contributed by atoms with Crippen LogP contribution in [-0.4, -0.2) is 9.14 Å². The van der Waals surface area contributed by atoms with Gasteiger partial charge in [0.1, 0.15) is 0 Å². The van der Waals surface area contributed by atoms with Crippen molar-refractivity contribution >= 4 is 37.8 Å². The Hall–Kier alpha value is -0.350. The first-order valence-corrected chi connectivity index (χ1v) is 8.14. The molecule has 1 aromatic carbocycles. The topological polar surface area (TPSA) is 29.1 Å². The van der Waals surface area contributed by atoms with Crippen molar-refractivity contribution in [3.8, 4) is 0 Å². The van der Waals surface area contributed by atoms with Gasteiger partial charge in [-0.25, -0.2) is 0 Å². The average Bonchev–Trinajstić information content (AvgIpc) is 2.88. The Morgan fingerprint density at radius 2 is 1.89 bits per heavy atom. The summed E-state index contributed by atoms with van der Waals surface area (Å²) in [6, 6.07) is 8.44. The van der Waals surface area contributed by atoms with Gasteiger partial charge in [-0.05, 0) is 32.3 Å². The van der Waals surface area contributed by atoms with Crippen LogP contribution in [0.3, 0.4) is 0 Å². The fourth-order valence-electron chi connectivity index (χ4n) is 2.18. The summed E-state index contributed by atoms with van der Waals surface area (Å²) in [5.74, 6) is 0.105. The SMILES string of the molecule is CC[C@H](NC(=O)[C@@]1(C)CC1(Br)Br)c1ccc(C)cc1. The van der Waals surface area contributed by atoms with Gasteiger partial charge in [-0.2, -0.15) is 0 Å². The lowest BCUT2D eigenvalue weighted by molar-refractivity contribution is -0.126.